The number of carbonyl (C=O) groups excluding carboxylic acids is 1. The van der Waals surface area contributed by atoms with Gasteiger partial charge in [-0.05, 0) is 31.2 Å². The van der Waals surface area contributed by atoms with Gasteiger partial charge < -0.3 is 10.2 Å². The second-order valence-corrected chi connectivity index (χ2v) is 4.73. The van der Waals surface area contributed by atoms with Crippen molar-refractivity contribution in [3.63, 3.8) is 0 Å². The van der Waals surface area contributed by atoms with Gasteiger partial charge in [-0.25, -0.2) is 0 Å². The quantitative estimate of drug-likeness (QED) is 0.916. The van der Waals surface area contributed by atoms with Gasteiger partial charge in [-0.2, -0.15) is 5.10 Å². The lowest BCUT2D eigenvalue weighted by Gasteiger charge is -2.12. The van der Waals surface area contributed by atoms with E-state index < -0.39 is 0 Å². The molecule has 5 nitrogen and oxygen atoms in total. The van der Waals surface area contributed by atoms with E-state index in [1.165, 1.54) is 0 Å². The maximum Gasteiger partial charge on any atom is 0.276 e. The summed E-state index contributed by atoms with van der Waals surface area (Å²) in [5.41, 5.74) is 3.18. The van der Waals surface area contributed by atoms with Crippen LogP contribution in [0.15, 0.2) is 30.5 Å². The zero-order valence-corrected chi connectivity index (χ0v) is 11.6. The Labute approximate surface area is 112 Å². The Morgan fingerprint density at radius 1 is 1.26 bits per heavy atom. The van der Waals surface area contributed by atoms with Gasteiger partial charge in [0.2, 0.25) is 0 Å². The molecule has 1 N–H and O–H groups in total. The normalized spacial score (nSPS) is 10.3. The first-order valence-corrected chi connectivity index (χ1v) is 6.06. The van der Waals surface area contributed by atoms with E-state index in [-0.39, 0.29) is 5.91 Å². The van der Waals surface area contributed by atoms with E-state index in [4.69, 9.17) is 0 Å². The minimum absolute atomic E-state index is 0.185. The summed E-state index contributed by atoms with van der Waals surface area (Å²) in [5.74, 6) is -0.185. The number of carbonyl (C=O) groups is 1. The fourth-order valence-electron chi connectivity index (χ4n) is 1.86. The lowest BCUT2D eigenvalue weighted by atomic mass is 10.2. The zero-order valence-electron chi connectivity index (χ0n) is 11.6. The van der Waals surface area contributed by atoms with Gasteiger partial charge in [-0.3, -0.25) is 9.48 Å². The standard InChI is InChI=1S/C14H18N4O/c1-10-9-18(4)16-13(10)14(19)15-11-5-7-12(8-6-11)17(2)3/h5-9H,1-4H3,(H,15,19). The molecule has 0 unspecified atom stereocenters. The highest BCUT2D eigenvalue weighted by atomic mass is 16.2. The van der Waals surface area contributed by atoms with Crippen molar-refractivity contribution in [2.75, 3.05) is 24.3 Å². The first kappa shape index (κ1) is 13.1. The molecule has 1 aromatic heterocycles. The Kier molecular flexibility index (Phi) is 3.55. The summed E-state index contributed by atoms with van der Waals surface area (Å²) < 4.78 is 1.64. The minimum atomic E-state index is -0.185. The molecule has 0 aliphatic rings. The molecule has 0 saturated heterocycles. The average molecular weight is 258 g/mol. The largest absolute Gasteiger partial charge is 0.378 e. The average Bonchev–Trinajstić information content (AvgIpc) is 2.69. The molecule has 100 valence electrons. The van der Waals surface area contributed by atoms with Crippen molar-refractivity contribution in [2.24, 2.45) is 7.05 Å². The lowest BCUT2D eigenvalue weighted by molar-refractivity contribution is 0.102. The molecule has 0 saturated carbocycles. The number of aromatic nitrogens is 2. The van der Waals surface area contributed by atoms with E-state index in [0.29, 0.717) is 5.69 Å². The predicted octanol–water partition coefficient (Wildman–Crippen LogP) is 2.05. The predicted molar refractivity (Wildman–Crippen MR) is 76.7 cm³/mol. The van der Waals surface area contributed by atoms with Crippen LogP contribution in [0.1, 0.15) is 16.1 Å². The SMILES string of the molecule is Cc1cn(C)nc1C(=O)Nc1ccc(N(C)C)cc1. The number of benzene rings is 1. The maximum atomic E-state index is 12.1. The Morgan fingerprint density at radius 3 is 2.37 bits per heavy atom. The number of rotatable bonds is 3. The van der Waals surface area contributed by atoms with Crippen LogP contribution < -0.4 is 10.2 Å². The molecule has 1 heterocycles. The molecule has 0 bridgehead atoms. The summed E-state index contributed by atoms with van der Waals surface area (Å²) in [6.45, 7) is 1.87. The summed E-state index contributed by atoms with van der Waals surface area (Å²) in [5, 5.41) is 6.99. The number of amides is 1. The van der Waals surface area contributed by atoms with Gasteiger partial charge in [-0.1, -0.05) is 0 Å². The minimum Gasteiger partial charge on any atom is -0.378 e. The van der Waals surface area contributed by atoms with Gasteiger partial charge in [0.25, 0.3) is 5.91 Å². The van der Waals surface area contributed by atoms with Gasteiger partial charge in [0.1, 0.15) is 0 Å². The summed E-state index contributed by atoms with van der Waals surface area (Å²) in [4.78, 5) is 14.1. The smallest absolute Gasteiger partial charge is 0.276 e. The van der Waals surface area contributed by atoms with Crippen LogP contribution in [0.25, 0.3) is 0 Å². The highest BCUT2D eigenvalue weighted by Crippen LogP contribution is 2.16. The fourth-order valence-corrected chi connectivity index (χ4v) is 1.86. The molecule has 0 atom stereocenters. The molecule has 0 fully saturated rings. The molecule has 0 aliphatic carbocycles. The molecule has 2 aromatic rings. The van der Waals surface area contributed by atoms with Gasteiger partial charge in [0.15, 0.2) is 5.69 Å². The number of nitrogens with zero attached hydrogens (tertiary/aromatic N) is 3. The first-order valence-electron chi connectivity index (χ1n) is 6.06. The Balaban J connectivity index is 2.13. The van der Waals surface area contributed by atoms with Crippen LogP contribution in [0.5, 0.6) is 0 Å². The maximum absolute atomic E-state index is 12.1. The molecule has 5 heteroatoms. The third-order valence-corrected chi connectivity index (χ3v) is 2.87. The van der Waals surface area contributed by atoms with Crippen molar-refractivity contribution >= 4 is 17.3 Å². The van der Waals surface area contributed by atoms with Crippen molar-refractivity contribution in [3.05, 3.63) is 41.7 Å². The van der Waals surface area contributed by atoms with Gasteiger partial charge in [0, 0.05) is 44.3 Å². The molecule has 0 aliphatic heterocycles. The first-order chi connectivity index (χ1) is 8.97. The highest BCUT2D eigenvalue weighted by Gasteiger charge is 2.13. The number of anilines is 2. The second-order valence-electron chi connectivity index (χ2n) is 4.73. The summed E-state index contributed by atoms with van der Waals surface area (Å²) in [6, 6.07) is 7.68. The second kappa shape index (κ2) is 5.14. The molecular formula is C14H18N4O. The Hall–Kier alpha value is -2.30. The van der Waals surface area contributed by atoms with Crippen LogP contribution in [0.4, 0.5) is 11.4 Å². The molecule has 1 amide bonds. The molecule has 1 aromatic carbocycles. The lowest BCUT2D eigenvalue weighted by Crippen LogP contribution is -2.14. The monoisotopic (exact) mass is 258 g/mol. The van der Waals surface area contributed by atoms with E-state index in [1.54, 1.807) is 11.7 Å². The van der Waals surface area contributed by atoms with Gasteiger partial charge >= 0.3 is 0 Å². The van der Waals surface area contributed by atoms with Crippen LogP contribution in [0, 0.1) is 6.92 Å². The van der Waals surface area contributed by atoms with E-state index in [0.717, 1.165) is 16.9 Å². The van der Waals surface area contributed by atoms with Crippen LogP contribution in [-0.2, 0) is 7.05 Å². The summed E-state index contributed by atoms with van der Waals surface area (Å²) in [6.07, 6.45) is 1.82. The topological polar surface area (TPSA) is 50.2 Å². The molecule has 0 spiro atoms. The molecular weight excluding hydrogens is 240 g/mol. The third kappa shape index (κ3) is 2.93. The number of nitrogens with one attached hydrogen (secondary N) is 1. The van der Waals surface area contributed by atoms with E-state index in [9.17, 15) is 4.79 Å². The fraction of sp³-hybridized carbons (Fsp3) is 0.286. The zero-order chi connectivity index (χ0) is 14.0. The van der Waals surface area contributed by atoms with Crippen LogP contribution in [0.2, 0.25) is 0 Å². The van der Waals surface area contributed by atoms with E-state index in [2.05, 4.69) is 10.4 Å². The summed E-state index contributed by atoms with van der Waals surface area (Å²) in [7, 11) is 5.76. The van der Waals surface area contributed by atoms with Crippen molar-refractivity contribution < 1.29 is 4.79 Å². The number of hydrogen-bond donors (Lipinski definition) is 1. The number of hydrogen-bond acceptors (Lipinski definition) is 3. The molecule has 0 radical (unpaired) electrons. The van der Waals surface area contributed by atoms with Gasteiger partial charge in [-0.15, -0.1) is 0 Å². The number of aryl methyl sites for hydroxylation is 2. The van der Waals surface area contributed by atoms with Crippen molar-refractivity contribution in [1.29, 1.82) is 0 Å². The van der Waals surface area contributed by atoms with Crippen molar-refractivity contribution in [2.45, 2.75) is 6.92 Å². The molecule has 19 heavy (non-hydrogen) atoms. The van der Waals surface area contributed by atoms with Gasteiger partial charge in [0.05, 0.1) is 0 Å². The summed E-state index contributed by atoms with van der Waals surface area (Å²) >= 11 is 0. The van der Waals surface area contributed by atoms with E-state index in [1.807, 2.05) is 56.4 Å². The van der Waals surface area contributed by atoms with Crippen LogP contribution >= 0.6 is 0 Å². The van der Waals surface area contributed by atoms with Crippen LogP contribution in [-0.4, -0.2) is 29.8 Å². The van der Waals surface area contributed by atoms with Crippen LogP contribution in [0.3, 0.4) is 0 Å². The Bertz CT molecular complexity index is 584. The third-order valence-electron chi connectivity index (χ3n) is 2.87. The Morgan fingerprint density at radius 2 is 1.89 bits per heavy atom. The van der Waals surface area contributed by atoms with E-state index >= 15 is 0 Å². The van der Waals surface area contributed by atoms with Crippen molar-refractivity contribution in [1.82, 2.24) is 9.78 Å². The van der Waals surface area contributed by atoms with Crippen molar-refractivity contribution in [3.8, 4) is 0 Å². The molecule has 2 rings (SSSR count). The highest BCUT2D eigenvalue weighted by molar-refractivity contribution is 6.03.